The monoisotopic (exact) mass is 448 g/mol. The summed E-state index contributed by atoms with van der Waals surface area (Å²) in [5, 5.41) is 0. The maximum Gasteiger partial charge on any atom is 0.270 e. The number of thiocarbonyl (C=S) groups is 1. The van der Waals surface area contributed by atoms with Gasteiger partial charge in [-0.2, -0.15) is 0 Å². The van der Waals surface area contributed by atoms with E-state index in [1.54, 1.807) is 18.5 Å². The molecule has 0 atom stereocenters. The van der Waals surface area contributed by atoms with Gasteiger partial charge >= 0.3 is 0 Å². The first-order chi connectivity index (χ1) is 15.2. The number of thioether (sulfide) groups is 1. The molecule has 31 heavy (non-hydrogen) atoms. The molecule has 0 N–H and O–H groups in total. The minimum absolute atomic E-state index is 0.147. The Balaban J connectivity index is 1.25. The van der Waals surface area contributed by atoms with Crippen LogP contribution in [0.1, 0.15) is 11.1 Å². The van der Waals surface area contributed by atoms with Gasteiger partial charge < -0.3 is 14.2 Å². The van der Waals surface area contributed by atoms with Crippen LogP contribution in [0.4, 0.5) is 5.69 Å². The van der Waals surface area contributed by atoms with Crippen molar-refractivity contribution in [3.63, 3.8) is 0 Å². The van der Waals surface area contributed by atoms with Gasteiger partial charge in [-0.15, -0.1) is 0 Å². The fourth-order valence-corrected chi connectivity index (χ4v) is 4.48. The first-order valence-corrected chi connectivity index (χ1v) is 10.7. The maximum atomic E-state index is 12.8. The summed E-state index contributed by atoms with van der Waals surface area (Å²) in [4.78, 5) is 18.9. The van der Waals surface area contributed by atoms with Crippen molar-refractivity contribution in [2.45, 2.75) is 6.61 Å². The zero-order valence-corrected chi connectivity index (χ0v) is 17.8. The zero-order chi connectivity index (χ0) is 21.2. The normalized spacial score (nSPS) is 16.3. The number of aromatic nitrogens is 1. The first kappa shape index (κ1) is 19.6. The van der Waals surface area contributed by atoms with E-state index in [9.17, 15) is 4.79 Å². The van der Waals surface area contributed by atoms with E-state index >= 15 is 0 Å². The van der Waals surface area contributed by atoms with Gasteiger partial charge in [-0.25, -0.2) is 0 Å². The summed E-state index contributed by atoms with van der Waals surface area (Å²) in [7, 11) is 0. The summed E-state index contributed by atoms with van der Waals surface area (Å²) in [6.07, 6.45) is 5.12. The summed E-state index contributed by atoms with van der Waals surface area (Å²) in [6.45, 7) is 0.669. The Morgan fingerprint density at radius 1 is 1.13 bits per heavy atom. The molecule has 1 amide bonds. The lowest BCUT2D eigenvalue weighted by molar-refractivity contribution is -0.113. The number of fused-ring (bicyclic) bond motifs is 1. The molecule has 0 unspecified atom stereocenters. The van der Waals surface area contributed by atoms with E-state index in [1.807, 2.05) is 54.6 Å². The number of pyridine rings is 1. The van der Waals surface area contributed by atoms with Gasteiger partial charge in [0.25, 0.3) is 5.91 Å². The van der Waals surface area contributed by atoms with Gasteiger partial charge in [-0.1, -0.05) is 42.2 Å². The van der Waals surface area contributed by atoms with Gasteiger partial charge in [-0.05, 0) is 53.6 Å². The number of amides is 1. The molecule has 2 aliphatic heterocycles. The molecular formula is C23H16N2O4S2. The number of ether oxygens (including phenoxy) is 3. The van der Waals surface area contributed by atoms with Crippen molar-refractivity contribution in [3.8, 4) is 17.2 Å². The molecule has 0 radical (unpaired) electrons. The number of hydrogen-bond acceptors (Lipinski definition) is 7. The minimum atomic E-state index is -0.147. The van der Waals surface area contributed by atoms with Crippen LogP contribution in [0.25, 0.3) is 6.08 Å². The predicted molar refractivity (Wildman–Crippen MR) is 123 cm³/mol. The fourth-order valence-electron chi connectivity index (χ4n) is 3.19. The number of rotatable bonds is 5. The Hall–Kier alpha value is -3.36. The van der Waals surface area contributed by atoms with E-state index in [0.29, 0.717) is 21.5 Å². The molecule has 1 fully saturated rings. The number of anilines is 1. The van der Waals surface area contributed by atoms with Crippen molar-refractivity contribution in [3.05, 3.63) is 83.0 Å². The van der Waals surface area contributed by atoms with Crippen molar-refractivity contribution in [2.75, 3.05) is 11.7 Å². The summed E-state index contributed by atoms with van der Waals surface area (Å²) in [6, 6.07) is 16.9. The lowest BCUT2D eigenvalue weighted by Crippen LogP contribution is -2.27. The molecular weight excluding hydrogens is 432 g/mol. The summed E-state index contributed by atoms with van der Waals surface area (Å²) >= 11 is 6.67. The van der Waals surface area contributed by atoms with Crippen LogP contribution >= 0.6 is 24.0 Å². The smallest absolute Gasteiger partial charge is 0.270 e. The van der Waals surface area contributed by atoms with E-state index < -0.39 is 0 Å². The number of nitrogens with zero attached hydrogens (tertiary/aromatic N) is 2. The fraction of sp³-hybridized carbons (Fsp3) is 0.0870. The molecule has 5 rings (SSSR count). The van der Waals surface area contributed by atoms with Gasteiger partial charge in [0, 0.05) is 6.20 Å². The highest BCUT2D eigenvalue weighted by atomic mass is 32.2. The molecule has 1 aromatic heterocycles. The average molecular weight is 449 g/mol. The molecule has 0 bridgehead atoms. The molecule has 1 saturated heterocycles. The van der Waals surface area contributed by atoms with Crippen LogP contribution in [0.3, 0.4) is 0 Å². The molecule has 2 aliphatic rings. The molecule has 0 aliphatic carbocycles. The average Bonchev–Trinajstić information content (AvgIpc) is 3.37. The Morgan fingerprint density at radius 2 is 1.97 bits per heavy atom. The second kappa shape index (κ2) is 8.41. The van der Waals surface area contributed by atoms with Crippen LogP contribution in [-0.2, 0) is 11.4 Å². The van der Waals surface area contributed by atoms with Gasteiger partial charge in [0.2, 0.25) is 6.79 Å². The van der Waals surface area contributed by atoms with Crippen molar-refractivity contribution in [1.29, 1.82) is 0 Å². The van der Waals surface area contributed by atoms with E-state index in [4.69, 9.17) is 26.4 Å². The zero-order valence-electron chi connectivity index (χ0n) is 16.2. The molecule has 8 heteroatoms. The van der Waals surface area contributed by atoms with E-state index in [-0.39, 0.29) is 12.7 Å². The number of hydrogen-bond donors (Lipinski definition) is 0. The topological polar surface area (TPSA) is 60.9 Å². The predicted octanol–water partition coefficient (Wildman–Crippen LogP) is 4.80. The van der Waals surface area contributed by atoms with Crippen LogP contribution in [0, 0.1) is 0 Å². The van der Waals surface area contributed by atoms with Gasteiger partial charge in [0.05, 0.1) is 16.8 Å². The second-order valence-corrected chi connectivity index (χ2v) is 8.45. The number of benzene rings is 2. The van der Waals surface area contributed by atoms with E-state index in [1.165, 1.54) is 16.7 Å². The number of carbonyl (C=O) groups is 1. The number of carbonyl (C=O) groups excluding carboxylic acids is 1. The lowest BCUT2D eigenvalue weighted by atomic mass is 10.2. The van der Waals surface area contributed by atoms with Crippen LogP contribution in [0.2, 0.25) is 0 Å². The third-order valence-corrected chi connectivity index (χ3v) is 6.02. The van der Waals surface area contributed by atoms with Gasteiger partial charge in [0.1, 0.15) is 12.4 Å². The molecule has 0 saturated carbocycles. The van der Waals surface area contributed by atoms with E-state index in [2.05, 4.69) is 4.98 Å². The molecule has 6 nitrogen and oxygen atoms in total. The van der Waals surface area contributed by atoms with Crippen molar-refractivity contribution in [1.82, 2.24) is 4.98 Å². The standard InChI is InChI=1S/C23H16N2O4S2/c26-22-21(31-23(30)25(22)17-2-1-9-24-12-17)11-15-3-6-18(7-4-15)27-13-16-5-8-19-20(10-16)29-14-28-19/h1-12H,13-14H2/b21-11-. The summed E-state index contributed by atoms with van der Waals surface area (Å²) < 4.78 is 17.1. The van der Waals surface area contributed by atoms with Crippen LogP contribution in [-0.4, -0.2) is 22.0 Å². The van der Waals surface area contributed by atoms with Crippen molar-refractivity contribution in [2.24, 2.45) is 0 Å². The molecule has 154 valence electrons. The quantitative estimate of drug-likeness (QED) is 0.411. The molecule has 2 aromatic carbocycles. The highest BCUT2D eigenvalue weighted by molar-refractivity contribution is 8.27. The van der Waals surface area contributed by atoms with Gasteiger partial charge in [-0.3, -0.25) is 14.7 Å². The van der Waals surface area contributed by atoms with Crippen molar-refractivity contribution < 1.29 is 19.0 Å². The lowest BCUT2D eigenvalue weighted by Gasteiger charge is -2.13. The minimum Gasteiger partial charge on any atom is -0.489 e. The highest BCUT2D eigenvalue weighted by Crippen LogP contribution is 2.36. The van der Waals surface area contributed by atoms with Crippen LogP contribution in [0.5, 0.6) is 17.2 Å². The third kappa shape index (κ3) is 4.12. The first-order valence-electron chi connectivity index (χ1n) is 9.47. The Kier molecular flexibility index (Phi) is 5.31. The molecule has 3 heterocycles. The highest BCUT2D eigenvalue weighted by Gasteiger charge is 2.33. The van der Waals surface area contributed by atoms with Crippen LogP contribution in [0.15, 0.2) is 71.9 Å². The Bertz CT molecular complexity index is 1180. The molecule has 0 spiro atoms. The second-order valence-electron chi connectivity index (χ2n) is 6.77. The third-order valence-electron chi connectivity index (χ3n) is 4.72. The maximum absolute atomic E-state index is 12.8. The van der Waals surface area contributed by atoms with Crippen molar-refractivity contribution >= 4 is 46.0 Å². The van der Waals surface area contributed by atoms with Gasteiger partial charge in [0.15, 0.2) is 15.8 Å². The summed E-state index contributed by atoms with van der Waals surface area (Å²) in [5.41, 5.74) is 2.55. The Labute approximate surface area is 188 Å². The molecule has 3 aromatic rings. The van der Waals surface area contributed by atoms with E-state index in [0.717, 1.165) is 28.4 Å². The Morgan fingerprint density at radius 3 is 2.77 bits per heavy atom. The SMILES string of the molecule is O=C1/C(=C/c2ccc(OCc3ccc4c(c3)OCO4)cc2)SC(=S)N1c1cccnc1. The summed E-state index contributed by atoms with van der Waals surface area (Å²) in [5.74, 6) is 2.07. The largest absolute Gasteiger partial charge is 0.489 e. The van der Waals surface area contributed by atoms with Crippen LogP contribution < -0.4 is 19.1 Å².